The smallest absolute Gasteiger partial charge is 0.326 e. The van der Waals surface area contributed by atoms with Gasteiger partial charge in [0.15, 0.2) is 0 Å². The van der Waals surface area contributed by atoms with Gasteiger partial charge in [0.25, 0.3) is 0 Å². The summed E-state index contributed by atoms with van der Waals surface area (Å²) >= 11 is 3.08. The molecule has 0 spiro atoms. The Morgan fingerprint density at radius 1 is 0.974 bits per heavy atom. The first-order valence-corrected chi connectivity index (χ1v) is 15.5. The predicted molar refractivity (Wildman–Crippen MR) is 152 cm³/mol. The number of carbonyl (C=O) groups excluding carboxylic acids is 3. The average molecular weight is 564 g/mol. The van der Waals surface area contributed by atoms with Crippen molar-refractivity contribution in [2.75, 3.05) is 30.6 Å². The number of hydrogen-bond donors (Lipinski definition) is 6. The summed E-state index contributed by atoms with van der Waals surface area (Å²) < 4.78 is 0. The molecule has 0 saturated carbocycles. The number of nitrogens with one attached hydrogen (secondary N) is 5. The van der Waals surface area contributed by atoms with Crippen molar-refractivity contribution in [1.29, 1.82) is 0 Å². The molecule has 1 saturated heterocycles. The molecule has 12 heteroatoms. The number of hydrogen-bond acceptors (Lipinski definition) is 7. The van der Waals surface area contributed by atoms with Crippen molar-refractivity contribution < 1.29 is 24.3 Å². The number of H-pyrrole nitrogens is 1. The Bertz CT molecular complexity index is 1100. The van der Waals surface area contributed by atoms with E-state index in [0.29, 0.717) is 30.8 Å². The van der Waals surface area contributed by atoms with Gasteiger partial charge < -0.3 is 31.4 Å². The van der Waals surface area contributed by atoms with Crippen LogP contribution in [0.1, 0.15) is 31.2 Å². The third-order valence-electron chi connectivity index (χ3n) is 6.58. The first kappa shape index (κ1) is 29.9. The van der Waals surface area contributed by atoms with Gasteiger partial charge in [-0.2, -0.15) is 23.5 Å². The summed E-state index contributed by atoms with van der Waals surface area (Å²) in [4.78, 5) is 54.3. The van der Waals surface area contributed by atoms with Gasteiger partial charge in [-0.1, -0.05) is 18.2 Å². The van der Waals surface area contributed by atoms with E-state index in [4.69, 9.17) is 0 Å². The monoisotopic (exact) mass is 563 g/mol. The summed E-state index contributed by atoms with van der Waals surface area (Å²) in [5, 5.41) is 22.1. The first-order valence-electron chi connectivity index (χ1n) is 12.7. The third-order valence-corrected chi connectivity index (χ3v) is 7.87. The fourth-order valence-electron chi connectivity index (χ4n) is 4.45. The zero-order valence-electron chi connectivity index (χ0n) is 21.7. The molecular formula is C26H37N5O5S2. The average Bonchev–Trinajstić information content (AvgIpc) is 3.59. The van der Waals surface area contributed by atoms with Crippen LogP contribution in [0.25, 0.3) is 10.9 Å². The Balaban J connectivity index is 1.69. The second kappa shape index (κ2) is 15.0. The van der Waals surface area contributed by atoms with Crippen LogP contribution in [0.5, 0.6) is 0 Å². The molecule has 1 fully saturated rings. The van der Waals surface area contributed by atoms with E-state index in [9.17, 15) is 24.3 Å². The van der Waals surface area contributed by atoms with Crippen LogP contribution in [-0.4, -0.2) is 88.5 Å². The van der Waals surface area contributed by atoms with Gasteiger partial charge in [0, 0.05) is 23.5 Å². The van der Waals surface area contributed by atoms with Gasteiger partial charge >= 0.3 is 5.97 Å². The Morgan fingerprint density at radius 2 is 1.61 bits per heavy atom. The molecule has 2 heterocycles. The van der Waals surface area contributed by atoms with Gasteiger partial charge in [-0.15, -0.1) is 0 Å². The molecule has 3 amide bonds. The SMILES string of the molecule is CSCCC(NC(=O)C(CCSC)NC(=O)C1CCCN1)C(=O)NC(Cc1c[nH]c2ccccc12)C(=O)O. The summed E-state index contributed by atoms with van der Waals surface area (Å²) in [6.45, 7) is 0.764. The van der Waals surface area contributed by atoms with E-state index < -0.39 is 35.9 Å². The molecule has 0 radical (unpaired) electrons. The maximum absolute atomic E-state index is 13.3. The number of fused-ring (bicyclic) bond motifs is 1. The fourth-order valence-corrected chi connectivity index (χ4v) is 5.40. The number of thioether (sulfide) groups is 2. The normalized spacial score (nSPS) is 17.5. The second-order valence-corrected chi connectivity index (χ2v) is 11.3. The summed E-state index contributed by atoms with van der Waals surface area (Å²) in [5.74, 6) is -1.15. The van der Waals surface area contributed by atoms with E-state index in [1.165, 1.54) is 11.8 Å². The quantitative estimate of drug-likeness (QED) is 0.191. The van der Waals surface area contributed by atoms with E-state index in [1.54, 1.807) is 18.0 Å². The maximum Gasteiger partial charge on any atom is 0.326 e. The van der Waals surface area contributed by atoms with Crippen LogP contribution in [0.15, 0.2) is 30.5 Å². The van der Waals surface area contributed by atoms with Gasteiger partial charge in [0.1, 0.15) is 18.1 Å². The van der Waals surface area contributed by atoms with E-state index in [2.05, 4.69) is 26.3 Å². The van der Waals surface area contributed by atoms with Gasteiger partial charge in [-0.25, -0.2) is 4.79 Å². The minimum Gasteiger partial charge on any atom is -0.480 e. The molecule has 4 atom stereocenters. The van der Waals surface area contributed by atoms with Crippen LogP contribution in [0, 0.1) is 0 Å². The second-order valence-electron chi connectivity index (χ2n) is 9.30. The number of benzene rings is 1. The maximum atomic E-state index is 13.3. The highest BCUT2D eigenvalue weighted by atomic mass is 32.2. The predicted octanol–water partition coefficient (Wildman–Crippen LogP) is 1.51. The Kier molecular flexibility index (Phi) is 11.8. The van der Waals surface area contributed by atoms with Crippen LogP contribution in [0.3, 0.4) is 0 Å². The standard InChI is InChI=1S/C26H37N5O5S2/c1-37-12-9-20(29-23(32)19-8-5-11-27-19)24(33)30-21(10-13-38-2)25(34)31-22(26(35)36)14-16-15-28-18-7-4-3-6-17(16)18/h3-4,6-7,15,19-22,27-28H,5,8-14H2,1-2H3,(H,29,32)(H,30,33)(H,31,34)(H,35,36). The largest absolute Gasteiger partial charge is 0.480 e. The fraction of sp³-hybridized carbons (Fsp3) is 0.538. The van der Waals surface area contributed by atoms with Crippen molar-refractivity contribution in [3.05, 3.63) is 36.0 Å². The summed E-state index contributed by atoms with van der Waals surface area (Å²) in [6.07, 6.45) is 8.02. The Morgan fingerprint density at radius 3 is 2.21 bits per heavy atom. The molecule has 1 aliphatic rings. The molecule has 10 nitrogen and oxygen atoms in total. The van der Waals surface area contributed by atoms with Crippen LogP contribution in [0.4, 0.5) is 0 Å². The lowest BCUT2D eigenvalue weighted by molar-refractivity contribution is -0.142. The lowest BCUT2D eigenvalue weighted by Gasteiger charge is -2.25. The lowest BCUT2D eigenvalue weighted by Crippen LogP contribution is -2.57. The molecule has 208 valence electrons. The number of carboxylic acids is 1. The highest BCUT2D eigenvalue weighted by Gasteiger charge is 2.31. The van der Waals surface area contributed by atoms with Crippen molar-refractivity contribution >= 4 is 58.1 Å². The molecule has 1 aliphatic heterocycles. The van der Waals surface area contributed by atoms with Crippen LogP contribution < -0.4 is 21.3 Å². The van der Waals surface area contributed by atoms with Crippen molar-refractivity contribution in [3.63, 3.8) is 0 Å². The van der Waals surface area contributed by atoms with Crippen LogP contribution in [0.2, 0.25) is 0 Å². The number of para-hydroxylation sites is 1. The van der Waals surface area contributed by atoms with Crippen LogP contribution >= 0.6 is 23.5 Å². The first-order chi connectivity index (χ1) is 18.3. The van der Waals surface area contributed by atoms with Crippen LogP contribution in [-0.2, 0) is 25.6 Å². The van der Waals surface area contributed by atoms with Crippen molar-refractivity contribution in [2.45, 2.75) is 56.3 Å². The lowest BCUT2D eigenvalue weighted by atomic mass is 10.0. The number of carboxylic acid groups (broad SMARTS) is 1. The number of aliphatic carboxylic acids is 1. The summed E-state index contributed by atoms with van der Waals surface area (Å²) in [7, 11) is 0. The van der Waals surface area contributed by atoms with E-state index in [-0.39, 0.29) is 18.4 Å². The van der Waals surface area contributed by atoms with Gasteiger partial charge in [-0.05, 0) is 67.9 Å². The van der Waals surface area contributed by atoms with Crippen molar-refractivity contribution in [2.24, 2.45) is 0 Å². The van der Waals surface area contributed by atoms with Crippen molar-refractivity contribution in [3.8, 4) is 0 Å². The number of carbonyl (C=O) groups is 4. The van der Waals surface area contributed by atoms with E-state index in [0.717, 1.165) is 29.4 Å². The summed E-state index contributed by atoms with van der Waals surface area (Å²) in [6, 6.07) is 4.34. The third kappa shape index (κ3) is 8.40. The molecule has 1 aromatic heterocycles. The highest BCUT2D eigenvalue weighted by Crippen LogP contribution is 2.19. The Labute approximate surface area is 231 Å². The molecule has 0 bridgehead atoms. The van der Waals surface area contributed by atoms with Gasteiger partial charge in [0.2, 0.25) is 17.7 Å². The molecule has 38 heavy (non-hydrogen) atoms. The number of rotatable bonds is 15. The zero-order valence-corrected chi connectivity index (χ0v) is 23.4. The topological polar surface area (TPSA) is 152 Å². The minimum absolute atomic E-state index is 0.0923. The zero-order chi connectivity index (χ0) is 27.5. The highest BCUT2D eigenvalue weighted by molar-refractivity contribution is 7.98. The molecule has 3 rings (SSSR count). The number of aromatic nitrogens is 1. The summed E-state index contributed by atoms with van der Waals surface area (Å²) in [5.41, 5.74) is 1.66. The molecule has 6 N–H and O–H groups in total. The molecule has 2 aromatic rings. The number of amides is 3. The Hall–Kier alpha value is -2.70. The molecule has 0 aliphatic carbocycles. The minimum atomic E-state index is -1.17. The number of aromatic amines is 1. The van der Waals surface area contributed by atoms with E-state index >= 15 is 0 Å². The van der Waals surface area contributed by atoms with Gasteiger partial charge in [0.05, 0.1) is 6.04 Å². The van der Waals surface area contributed by atoms with Gasteiger partial charge in [-0.3, -0.25) is 14.4 Å². The molecule has 4 unspecified atom stereocenters. The molecule has 1 aromatic carbocycles. The van der Waals surface area contributed by atoms with Crippen molar-refractivity contribution in [1.82, 2.24) is 26.3 Å². The molecular weight excluding hydrogens is 526 g/mol. The van der Waals surface area contributed by atoms with E-state index in [1.807, 2.05) is 36.8 Å².